The molecule has 0 spiro atoms. The van der Waals surface area contributed by atoms with Crippen molar-refractivity contribution in [1.82, 2.24) is 14.9 Å². The maximum absolute atomic E-state index is 13.0. The maximum atomic E-state index is 13.0. The third-order valence-corrected chi connectivity index (χ3v) is 4.93. The molecule has 1 heterocycles. The van der Waals surface area contributed by atoms with Crippen LogP contribution in [-0.2, 0) is 6.18 Å². The second kappa shape index (κ2) is 10.6. The summed E-state index contributed by atoms with van der Waals surface area (Å²) in [6.45, 7) is 9.49. The number of aryl methyl sites for hydroxylation is 1. The number of nitrogens with zero attached hydrogens (tertiary/aromatic N) is 4. The van der Waals surface area contributed by atoms with Crippen LogP contribution in [0.4, 0.5) is 30.6 Å². The fourth-order valence-corrected chi connectivity index (χ4v) is 3.15. The standard InChI is InChI=1S/C19H25BrF3N7/c1-4-30(5-2)9-8-25-16-10-12(3)26-18(28-16)29-17(24)27-13-6-7-15(20)14(11-13)19(21,22)23/h6-7,10-11H,4-5,8-9H2,1-3H3,(H4,24,25,26,27,28,29). The van der Waals surface area contributed by atoms with E-state index < -0.39 is 11.7 Å². The fraction of sp³-hybridized carbons (Fsp3) is 0.421. The summed E-state index contributed by atoms with van der Waals surface area (Å²) < 4.78 is 39.1. The summed E-state index contributed by atoms with van der Waals surface area (Å²) >= 11 is 2.90. The van der Waals surface area contributed by atoms with Crippen LogP contribution in [0, 0.1) is 6.92 Å². The third-order valence-electron chi connectivity index (χ3n) is 4.24. The van der Waals surface area contributed by atoms with Crippen molar-refractivity contribution in [3.05, 3.63) is 40.0 Å². The van der Waals surface area contributed by atoms with E-state index in [0.29, 0.717) is 18.1 Å². The van der Waals surface area contributed by atoms with Gasteiger partial charge in [-0.25, -0.2) is 4.98 Å². The van der Waals surface area contributed by atoms with Crippen LogP contribution in [-0.4, -0.2) is 47.0 Å². The van der Waals surface area contributed by atoms with Crippen LogP contribution in [0.5, 0.6) is 0 Å². The molecule has 2 aromatic rings. The van der Waals surface area contributed by atoms with Gasteiger partial charge in [0.15, 0.2) is 0 Å². The summed E-state index contributed by atoms with van der Waals surface area (Å²) in [6, 6.07) is 5.48. The van der Waals surface area contributed by atoms with Gasteiger partial charge < -0.3 is 21.3 Å². The number of benzene rings is 1. The van der Waals surface area contributed by atoms with E-state index in [1.165, 1.54) is 12.1 Å². The number of aliphatic imine (C=N–C) groups is 1. The Balaban J connectivity index is 2.11. The second-order valence-electron chi connectivity index (χ2n) is 6.46. The Morgan fingerprint density at radius 3 is 2.53 bits per heavy atom. The number of rotatable bonds is 8. The smallest absolute Gasteiger partial charge is 0.369 e. The first-order chi connectivity index (χ1) is 14.1. The van der Waals surface area contributed by atoms with Crippen molar-refractivity contribution >= 4 is 39.3 Å². The molecule has 0 bridgehead atoms. The monoisotopic (exact) mass is 487 g/mol. The van der Waals surface area contributed by atoms with Crippen molar-refractivity contribution in [3.63, 3.8) is 0 Å². The van der Waals surface area contributed by atoms with Crippen molar-refractivity contribution in [3.8, 4) is 0 Å². The van der Waals surface area contributed by atoms with Crippen molar-refractivity contribution in [2.24, 2.45) is 10.7 Å². The summed E-state index contributed by atoms with van der Waals surface area (Å²) in [5.41, 5.74) is 5.87. The minimum Gasteiger partial charge on any atom is -0.369 e. The molecule has 0 amide bonds. The van der Waals surface area contributed by atoms with Crippen molar-refractivity contribution in [2.45, 2.75) is 26.9 Å². The molecular weight excluding hydrogens is 463 g/mol. The Bertz CT molecular complexity index is 883. The van der Waals surface area contributed by atoms with Gasteiger partial charge in [-0.05, 0) is 38.2 Å². The number of alkyl halides is 3. The molecule has 2 rings (SSSR count). The van der Waals surface area contributed by atoms with Crippen LogP contribution >= 0.6 is 15.9 Å². The Kier molecular flexibility index (Phi) is 8.42. The quantitative estimate of drug-likeness (QED) is 0.378. The van der Waals surface area contributed by atoms with Gasteiger partial charge >= 0.3 is 6.18 Å². The van der Waals surface area contributed by atoms with Crippen molar-refractivity contribution < 1.29 is 13.2 Å². The number of halogens is 4. The van der Waals surface area contributed by atoms with E-state index in [9.17, 15) is 13.2 Å². The first kappa shape index (κ1) is 23.9. The zero-order valence-electron chi connectivity index (χ0n) is 17.0. The molecule has 7 nitrogen and oxygen atoms in total. The van der Waals surface area contributed by atoms with Crippen molar-refractivity contribution in [1.29, 1.82) is 0 Å². The fourth-order valence-electron chi connectivity index (χ4n) is 2.68. The molecule has 11 heteroatoms. The Morgan fingerprint density at radius 2 is 1.90 bits per heavy atom. The highest BCUT2D eigenvalue weighted by Gasteiger charge is 2.33. The molecule has 4 N–H and O–H groups in total. The van der Waals surface area contributed by atoms with E-state index in [4.69, 9.17) is 5.73 Å². The van der Waals surface area contributed by atoms with E-state index in [1.54, 1.807) is 13.0 Å². The predicted octanol–water partition coefficient (Wildman–Crippen LogP) is 4.38. The lowest BCUT2D eigenvalue weighted by Crippen LogP contribution is -2.28. The Labute approximate surface area is 182 Å². The highest BCUT2D eigenvalue weighted by Crippen LogP contribution is 2.36. The highest BCUT2D eigenvalue weighted by molar-refractivity contribution is 9.10. The molecule has 0 fully saturated rings. The third kappa shape index (κ3) is 7.13. The lowest BCUT2D eigenvalue weighted by atomic mass is 10.2. The number of nitrogens with two attached hydrogens (primary N) is 1. The largest absolute Gasteiger partial charge is 0.417 e. The van der Waals surface area contributed by atoms with E-state index in [0.717, 1.165) is 25.7 Å². The summed E-state index contributed by atoms with van der Waals surface area (Å²) in [4.78, 5) is 14.9. The van der Waals surface area contributed by atoms with Crippen LogP contribution in [0.3, 0.4) is 0 Å². The average Bonchev–Trinajstić information content (AvgIpc) is 2.65. The number of hydrogen-bond acceptors (Lipinski definition) is 5. The summed E-state index contributed by atoms with van der Waals surface area (Å²) in [7, 11) is 0. The van der Waals surface area contributed by atoms with Gasteiger partial charge in [-0.3, -0.25) is 0 Å². The predicted molar refractivity (Wildman–Crippen MR) is 117 cm³/mol. The topological polar surface area (TPSA) is 91.5 Å². The van der Waals surface area contributed by atoms with Crippen molar-refractivity contribution in [2.75, 3.05) is 36.8 Å². The Hall–Kier alpha value is -2.40. The molecule has 0 radical (unpaired) electrons. The number of aromatic nitrogens is 2. The van der Waals surface area contributed by atoms with Crippen LogP contribution in [0.25, 0.3) is 0 Å². The van der Waals surface area contributed by atoms with Gasteiger partial charge in [-0.2, -0.15) is 23.1 Å². The van der Waals surface area contributed by atoms with E-state index in [-0.39, 0.29) is 22.1 Å². The zero-order valence-corrected chi connectivity index (χ0v) is 18.6. The molecule has 30 heavy (non-hydrogen) atoms. The number of likely N-dealkylation sites (N-methyl/N-ethyl adjacent to an activating group) is 1. The summed E-state index contributed by atoms with van der Waals surface area (Å²) in [5, 5.41) is 5.87. The SMILES string of the molecule is CCN(CC)CCNc1cc(C)nc(/N=C(\N)Nc2ccc(Br)c(C(F)(F)F)c2)n1. The molecule has 164 valence electrons. The molecule has 1 aromatic carbocycles. The van der Waals surface area contributed by atoms with E-state index >= 15 is 0 Å². The van der Waals surface area contributed by atoms with E-state index in [2.05, 4.69) is 60.3 Å². The summed E-state index contributed by atoms with van der Waals surface area (Å²) in [5.74, 6) is 0.591. The van der Waals surface area contributed by atoms with Gasteiger partial charge in [-0.1, -0.05) is 29.8 Å². The zero-order chi connectivity index (χ0) is 22.3. The molecule has 0 saturated heterocycles. The lowest BCUT2D eigenvalue weighted by molar-refractivity contribution is -0.138. The van der Waals surface area contributed by atoms with Gasteiger partial charge in [0.1, 0.15) is 5.82 Å². The normalized spacial score (nSPS) is 12.3. The molecule has 0 aliphatic rings. The van der Waals surface area contributed by atoms with E-state index in [1.807, 2.05) is 0 Å². The first-order valence-electron chi connectivity index (χ1n) is 9.42. The van der Waals surface area contributed by atoms with Gasteiger partial charge in [0, 0.05) is 35.0 Å². The maximum Gasteiger partial charge on any atom is 0.417 e. The molecule has 0 atom stereocenters. The van der Waals surface area contributed by atoms with Crippen LogP contribution in [0.15, 0.2) is 33.7 Å². The second-order valence-corrected chi connectivity index (χ2v) is 7.32. The molecule has 1 aromatic heterocycles. The number of guanidine groups is 1. The average molecular weight is 488 g/mol. The molecule has 0 aliphatic heterocycles. The van der Waals surface area contributed by atoms with Crippen LogP contribution < -0.4 is 16.4 Å². The lowest BCUT2D eigenvalue weighted by Gasteiger charge is -2.18. The van der Waals surface area contributed by atoms with Crippen LogP contribution in [0.1, 0.15) is 25.1 Å². The van der Waals surface area contributed by atoms with Gasteiger partial charge in [0.2, 0.25) is 5.96 Å². The molecule has 0 aliphatic carbocycles. The minimum atomic E-state index is -4.49. The number of anilines is 2. The van der Waals surface area contributed by atoms with Gasteiger partial charge in [0.25, 0.3) is 5.95 Å². The van der Waals surface area contributed by atoms with Crippen LogP contribution in [0.2, 0.25) is 0 Å². The summed E-state index contributed by atoms with van der Waals surface area (Å²) in [6.07, 6.45) is -4.49. The minimum absolute atomic E-state index is 0.0569. The van der Waals surface area contributed by atoms with Gasteiger partial charge in [0.05, 0.1) is 5.56 Å². The molecule has 0 unspecified atom stereocenters. The first-order valence-corrected chi connectivity index (χ1v) is 10.2. The molecule has 0 saturated carbocycles. The molecular formula is C19H25BrF3N7. The Morgan fingerprint density at radius 1 is 1.20 bits per heavy atom. The number of nitrogens with one attached hydrogen (secondary N) is 2. The van der Waals surface area contributed by atoms with Gasteiger partial charge in [-0.15, -0.1) is 0 Å². The highest BCUT2D eigenvalue weighted by atomic mass is 79.9. The number of hydrogen-bond donors (Lipinski definition) is 3.